The number of hydrogen-bond acceptors (Lipinski definition) is 7. The molecule has 0 amide bonds. The summed E-state index contributed by atoms with van der Waals surface area (Å²) in [5, 5.41) is 13.9. The van der Waals surface area contributed by atoms with Crippen LogP contribution in [0.5, 0.6) is 5.75 Å². The standard InChI is InChI=1S/C24H22F4N6O3S/c1-38(36,37)32-7-8-33(17(13-32)9-15-5-3-2-4-6-15)23-29-12-19-20(30-23)14-34(31-19)16-10-18(24(26,27)28)22(25)21(35)11-16/h2-6,10-12,14,17,35H,7-9,13H2,1H3. The van der Waals surface area contributed by atoms with Crippen molar-refractivity contribution >= 4 is 27.0 Å². The van der Waals surface area contributed by atoms with Gasteiger partial charge in [-0.1, -0.05) is 30.3 Å². The monoisotopic (exact) mass is 550 g/mol. The normalized spacial score (nSPS) is 17.3. The van der Waals surface area contributed by atoms with Crippen molar-refractivity contribution < 1.29 is 31.1 Å². The number of anilines is 1. The summed E-state index contributed by atoms with van der Waals surface area (Å²) in [4.78, 5) is 10.8. The number of aromatic hydroxyl groups is 1. The first kappa shape index (κ1) is 25.9. The van der Waals surface area contributed by atoms with Gasteiger partial charge >= 0.3 is 6.18 Å². The largest absolute Gasteiger partial charge is 0.505 e. The summed E-state index contributed by atoms with van der Waals surface area (Å²) in [7, 11) is -3.41. The van der Waals surface area contributed by atoms with Gasteiger partial charge in [0.25, 0.3) is 0 Å². The van der Waals surface area contributed by atoms with Crippen LogP contribution in [-0.4, -0.2) is 69.5 Å². The van der Waals surface area contributed by atoms with Crippen molar-refractivity contribution in [3.05, 3.63) is 71.8 Å². The maximum atomic E-state index is 13.9. The van der Waals surface area contributed by atoms with Crippen LogP contribution in [0, 0.1) is 5.82 Å². The minimum absolute atomic E-state index is 0.209. The van der Waals surface area contributed by atoms with E-state index in [0.717, 1.165) is 22.6 Å². The molecule has 3 heterocycles. The average Bonchev–Trinajstić information content (AvgIpc) is 3.28. The van der Waals surface area contributed by atoms with E-state index in [9.17, 15) is 31.1 Å². The zero-order valence-electron chi connectivity index (χ0n) is 20.0. The SMILES string of the molecule is CS(=O)(=O)N1CCN(c2ncc3nn(-c4cc(O)c(F)c(C(F)(F)F)c4)cc3n2)C(Cc2ccccc2)C1. The first-order chi connectivity index (χ1) is 17.9. The van der Waals surface area contributed by atoms with E-state index in [0.29, 0.717) is 30.5 Å². The Morgan fingerprint density at radius 2 is 1.84 bits per heavy atom. The fourth-order valence-corrected chi connectivity index (χ4v) is 5.32. The lowest BCUT2D eigenvalue weighted by atomic mass is 10.0. The van der Waals surface area contributed by atoms with Crippen molar-refractivity contribution in [2.75, 3.05) is 30.8 Å². The van der Waals surface area contributed by atoms with Crippen molar-refractivity contribution in [3.63, 3.8) is 0 Å². The van der Waals surface area contributed by atoms with Crippen molar-refractivity contribution in [1.29, 1.82) is 0 Å². The van der Waals surface area contributed by atoms with Gasteiger partial charge in [-0.05, 0) is 18.1 Å². The molecule has 0 spiro atoms. The maximum absolute atomic E-state index is 13.9. The number of phenols is 1. The number of phenolic OH excluding ortho intramolecular Hbond substituents is 1. The Hall–Kier alpha value is -3.78. The number of aromatic nitrogens is 4. The fraction of sp³-hybridized carbons (Fsp3) is 0.292. The Morgan fingerprint density at radius 1 is 1.11 bits per heavy atom. The highest BCUT2D eigenvalue weighted by Gasteiger charge is 2.36. The van der Waals surface area contributed by atoms with Crippen LogP contribution in [-0.2, 0) is 22.6 Å². The van der Waals surface area contributed by atoms with E-state index in [-0.39, 0.29) is 30.3 Å². The summed E-state index contributed by atoms with van der Waals surface area (Å²) < 4.78 is 80.5. The number of nitrogens with zero attached hydrogens (tertiary/aromatic N) is 6. The zero-order valence-corrected chi connectivity index (χ0v) is 20.8. The van der Waals surface area contributed by atoms with Crippen LogP contribution in [0.3, 0.4) is 0 Å². The zero-order chi connectivity index (χ0) is 27.2. The second-order valence-corrected chi connectivity index (χ2v) is 11.0. The molecule has 2 aromatic heterocycles. The summed E-state index contributed by atoms with van der Waals surface area (Å²) in [6, 6.07) is 10.7. The maximum Gasteiger partial charge on any atom is 0.419 e. The Morgan fingerprint density at radius 3 is 2.53 bits per heavy atom. The minimum Gasteiger partial charge on any atom is -0.505 e. The molecule has 1 atom stereocenters. The van der Waals surface area contributed by atoms with Crippen LogP contribution >= 0.6 is 0 Å². The third-order valence-corrected chi connectivity index (χ3v) is 7.61. The van der Waals surface area contributed by atoms with E-state index in [4.69, 9.17) is 0 Å². The van der Waals surface area contributed by atoms with Gasteiger partial charge in [0.15, 0.2) is 11.6 Å². The quantitative estimate of drug-likeness (QED) is 0.380. The Labute approximate surface area is 215 Å². The molecule has 38 heavy (non-hydrogen) atoms. The van der Waals surface area contributed by atoms with Crippen LogP contribution in [0.25, 0.3) is 16.7 Å². The Kier molecular flexibility index (Phi) is 6.47. The molecular formula is C24H22F4N6O3S. The van der Waals surface area contributed by atoms with Gasteiger partial charge in [0.2, 0.25) is 16.0 Å². The second-order valence-electron chi connectivity index (χ2n) is 9.00. The molecule has 0 saturated carbocycles. The van der Waals surface area contributed by atoms with Crippen LogP contribution in [0.4, 0.5) is 23.5 Å². The summed E-state index contributed by atoms with van der Waals surface area (Å²) in [5.41, 5.74) is -0.258. The highest BCUT2D eigenvalue weighted by molar-refractivity contribution is 7.88. The van der Waals surface area contributed by atoms with Crippen molar-refractivity contribution in [2.24, 2.45) is 0 Å². The van der Waals surface area contributed by atoms with E-state index < -0.39 is 33.3 Å². The third kappa shape index (κ3) is 5.13. The third-order valence-electron chi connectivity index (χ3n) is 6.34. The number of halogens is 4. The van der Waals surface area contributed by atoms with Gasteiger partial charge in [-0.25, -0.2) is 27.5 Å². The van der Waals surface area contributed by atoms with Gasteiger partial charge < -0.3 is 10.0 Å². The number of alkyl halides is 3. The first-order valence-corrected chi connectivity index (χ1v) is 13.3. The molecular weight excluding hydrogens is 528 g/mol. The van der Waals surface area contributed by atoms with E-state index in [1.807, 2.05) is 35.2 Å². The number of rotatable bonds is 5. The van der Waals surface area contributed by atoms with E-state index in [1.165, 1.54) is 16.7 Å². The molecule has 1 fully saturated rings. The smallest absolute Gasteiger partial charge is 0.419 e. The molecule has 5 rings (SSSR count). The Bertz CT molecular complexity index is 1590. The topological polar surface area (TPSA) is 104 Å². The highest BCUT2D eigenvalue weighted by Crippen LogP contribution is 2.36. The first-order valence-electron chi connectivity index (χ1n) is 11.5. The van der Waals surface area contributed by atoms with E-state index in [1.54, 1.807) is 0 Å². The molecule has 200 valence electrons. The molecule has 1 aliphatic heterocycles. The molecule has 0 radical (unpaired) electrons. The lowest BCUT2D eigenvalue weighted by Gasteiger charge is -2.40. The lowest BCUT2D eigenvalue weighted by molar-refractivity contribution is -0.140. The molecule has 0 aliphatic carbocycles. The molecule has 1 unspecified atom stereocenters. The van der Waals surface area contributed by atoms with Gasteiger partial charge in [0.1, 0.15) is 11.0 Å². The summed E-state index contributed by atoms with van der Waals surface area (Å²) in [6.45, 7) is 0.786. The molecule has 4 aromatic rings. The summed E-state index contributed by atoms with van der Waals surface area (Å²) >= 11 is 0. The van der Waals surface area contributed by atoms with Gasteiger partial charge in [0, 0.05) is 31.7 Å². The van der Waals surface area contributed by atoms with Crippen molar-refractivity contribution in [3.8, 4) is 11.4 Å². The predicted octanol–water partition coefficient (Wildman–Crippen LogP) is 3.37. The van der Waals surface area contributed by atoms with Gasteiger partial charge in [0.05, 0.1) is 29.9 Å². The number of benzene rings is 2. The van der Waals surface area contributed by atoms with Crippen LogP contribution in [0.15, 0.2) is 54.9 Å². The number of sulfonamides is 1. The number of hydrogen-bond donors (Lipinski definition) is 1. The van der Waals surface area contributed by atoms with Crippen LogP contribution < -0.4 is 4.90 Å². The van der Waals surface area contributed by atoms with E-state index in [2.05, 4.69) is 15.1 Å². The highest BCUT2D eigenvalue weighted by atomic mass is 32.2. The molecule has 2 aromatic carbocycles. The van der Waals surface area contributed by atoms with E-state index >= 15 is 0 Å². The van der Waals surface area contributed by atoms with Gasteiger partial charge in [-0.3, -0.25) is 0 Å². The predicted molar refractivity (Wildman–Crippen MR) is 131 cm³/mol. The van der Waals surface area contributed by atoms with Gasteiger partial charge in [-0.15, -0.1) is 0 Å². The van der Waals surface area contributed by atoms with Crippen LogP contribution in [0.1, 0.15) is 11.1 Å². The fourth-order valence-electron chi connectivity index (χ4n) is 4.47. The summed E-state index contributed by atoms with van der Waals surface area (Å²) in [6.07, 6.45) is -0.560. The minimum atomic E-state index is -5.01. The van der Waals surface area contributed by atoms with Crippen molar-refractivity contribution in [1.82, 2.24) is 24.1 Å². The molecule has 1 N–H and O–H groups in total. The Balaban J connectivity index is 1.50. The average molecular weight is 551 g/mol. The summed E-state index contributed by atoms with van der Waals surface area (Å²) in [5.74, 6) is -2.62. The van der Waals surface area contributed by atoms with Crippen LogP contribution in [0.2, 0.25) is 0 Å². The lowest BCUT2D eigenvalue weighted by Crippen LogP contribution is -2.56. The second kappa shape index (κ2) is 9.51. The van der Waals surface area contributed by atoms with Crippen molar-refractivity contribution in [2.45, 2.75) is 18.6 Å². The number of fused-ring (bicyclic) bond motifs is 1. The molecule has 9 nitrogen and oxygen atoms in total. The molecule has 1 aliphatic rings. The molecule has 14 heteroatoms. The molecule has 0 bridgehead atoms. The number of piperazine rings is 1. The molecule has 1 saturated heterocycles. The van der Waals surface area contributed by atoms with Gasteiger partial charge in [-0.2, -0.15) is 22.6 Å².